The quantitative estimate of drug-likeness (QED) is 0.873. The maximum Gasteiger partial charge on any atom is 0.311 e. The van der Waals surface area contributed by atoms with Crippen molar-refractivity contribution < 1.29 is 18.3 Å². The second kappa shape index (κ2) is 5.67. The first kappa shape index (κ1) is 15.8. The van der Waals surface area contributed by atoms with E-state index in [1.165, 1.54) is 0 Å². The predicted octanol–water partition coefficient (Wildman–Crippen LogP) is 2.54. The highest BCUT2D eigenvalue weighted by molar-refractivity contribution is 7.91. The van der Waals surface area contributed by atoms with Crippen LogP contribution in [0.3, 0.4) is 0 Å². The van der Waals surface area contributed by atoms with E-state index in [0.29, 0.717) is 11.3 Å². The molecule has 116 valence electrons. The largest absolute Gasteiger partial charge is 0.481 e. The van der Waals surface area contributed by atoms with Gasteiger partial charge >= 0.3 is 5.97 Å². The molecule has 1 saturated carbocycles. The molecule has 0 amide bonds. The maximum atomic E-state index is 11.8. The number of sulfone groups is 1. The molecule has 21 heavy (non-hydrogen) atoms. The number of carbonyl (C=O) groups is 1. The first-order chi connectivity index (χ1) is 9.79. The Balaban J connectivity index is 2.16. The van der Waals surface area contributed by atoms with Crippen molar-refractivity contribution >= 4 is 21.5 Å². The summed E-state index contributed by atoms with van der Waals surface area (Å²) in [6.07, 6.45) is 2.34. The molecule has 0 radical (unpaired) electrons. The molecule has 0 aromatic heterocycles. The van der Waals surface area contributed by atoms with E-state index in [0.717, 1.165) is 18.5 Å². The molecule has 1 aliphatic rings. The topological polar surface area (TPSA) is 83.5 Å². The van der Waals surface area contributed by atoms with Gasteiger partial charge in [0.2, 0.25) is 0 Å². The molecule has 2 unspecified atom stereocenters. The first-order valence-electron chi connectivity index (χ1n) is 7.12. The van der Waals surface area contributed by atoms with Crippen LogP contribution >= 0.6 is 0 Å². The standard InChI is InChI=1S/C15H21NO4S/c1-3-21(19,20)12-8-6-11(7-9-12)16-13-5-4-10-15(13,2)14(17)18/h6-9,13,16H,3-5,10H2,1-2H3,(H,17,18). The molecule has 2 rings (SSSR count). The summed E-state index contributed by atoms with van der Waals surface area (Å²) in [7, 11) is -3.20. The van der Waals surface area contributed by atoms with Gasteiger partial charge in [0.15, 0.2) is 9.84 Å². The van der Waals surface area contributed by atoms with Gasteiger partial charge in [-0.05, 0) is 44.0 Å². The van der Waals surface area contributed by atoms with Gasteiger partial charge < -0.3 is 10.4 Å². The molecule has 2 N–H and O–H groups in total. The smallest absolute Gasteiger partial charge is 0.311 e. The fraction of sp³-hybridized carbons (Fsp3) is 0.533. The Labute approximate surface area is 125 Å². The maximum absolute atomic E-state index is 11.8. The third-order valence-electron chi connectivity index (χ3n) is 4.38. The number of aliphatic carboxylic acids is 1. The molecule has 0 saturated heterocycles. The Hall–Kier alpha value is -1.56. The summed E-state index contributed by atoms with van der Waals surface area (Å²) in [5.74, 6) is -0.720. The molecule has 1 aliphatic carbocycles. The number of nitrogens with one attached hydrogen (secondary N) is 1. The van der Waals surface area contributed by atoms with Crippen molar-refractivity contribution in [3.63, 3.8) is 0 Å². The Bertz CT molecular complexity index is 624. The molecule has 0 heterocycles. The lowest BCUT2D eigenvalue weighted by atomic mass is 9.85. The highest BCUT2D eigenvalue weighted by atomic mass is 32.2. The summed E-state index contributed by atoms with van der Waals surface area (Å²) < 4.78 is 23.5. The van der Waals surface area contributed by atoms with Gasteiger partial charge in [-0.15, -0.1) is 0 Å². The Morgan fingerprint density at radius 3 is 2.52 bits per heavy atom. The van der Waals surface area contributed by atoms with Crippen molar-refractivity contribution in [3.05, 3.63) is 24.3 Å². The van der Waals surface area contributed by atoms with Crippen LogP contribution in [0, 0.1) is 5.41 Å². The highest BCUT2D eigenvalue weighted by Crippen LogP contribution is 2.40. The molecular weight excluding hydrogens is 290 g/mol. The second-order valence-electron chi connectivity index (χ2n) is 5.74. The van der Waals surface area contributed by atoms with E-state index in [4.69, 9.17) is 0 Å². The van der Waals surface area contributed by atoms with Crippen LogP contribution in [-0.4, -0.2) is 31.3 Å². The fourth-order valence-electron chi connectivity index (χ4n) is 2.78. The van der Waals surface area contributed by atoms with Crippen molar-refractivity contribution in [1.82, 2.24) is 0 Å². The van der Waals surface area contributed by atoms with Gasteiger partial charge in [-0.1, -0.05) is 13.3 Å². The summed E-state index contributed by atoms with van der Waals surface area (Å²) in [5, 5.41) is 12.6. The molecule has 1 aromatic rings. The molecule has 0 spiro atoms. The first-order valence-corrected chi connectivity index (χ1v) is 8.77. The van der Waals surface area contributed by atoms with Crippen LogP contribution in [-0.2, 0) is 14.6 Å². The van der Waals surface area contributed by atoms with Crippen LogP contribution in [0.15, 0.2) is 29.2 Å². The van der Waals surface area contributed by atoms with Gasteiger partial charge in [0.05, 0.1) is 16.1 Å². The average molecular weight is 311 g/mol. The lowest BCUT2D eigenvalue weighted by Crippen LogP contribution is -2.40. The molecule has 5 nitrogen and oxygen atoms in total. The van der Waals surface area contributed by atoms with Gasteiger partial charge in [-0.3, -0.25) is 4.79 Å². The van der Waals surface area contributed by atoms with Crippen LogP contribution in [0.1, 0.15) is 33.1 Å². The van der Waals surface area contributed by atoms with Gasteiger partial charge in [-0.2, -0.15) is 0 Å². The zero-order valence-corrected chi connectivity index (χ0v) is 13.1. The van der Waals surface area contributed by atoms with Crippen LogP contribution in [0.4, 0.5) is 5.69 Å². The minimum absolute atomic E-state index is 0.0689. The number of hydrogen-bond acceptors (Lipinski definition) is 4. The van der Waals surface area contributed by atoms with Crippen molar-refractivity contribution in [2.24, 2.45) is 5.41 Å². The molecule has 1 aromatic carbocycles. The molecule has 1 fully saturated rings. The Kier molecular flexibility index (Phi) is 4.27. The number of rotatable bonds is 5. The van der Waals surface area contributed by atoms with Crippen molar-refractivity contribution in [2.45, 2.75) is 44.0 Å². The van der Waals surface area contributed by atoms with Crippen LogP contribution in [0.5, 0.6) is 0 Å². The fourth-order valence-corrected chi connectivity index (χ4v) is 3.66. The summed E-state index contributed by atoms with van der Waals surface area (Å²) in [5.41, 5.74) is -0.0156. The molecule has 0 bridgehead atoms. The normalized spacial score (nSPS) is 25.7. The minimum Gasteiger partial charge on any atom is -0.481 e. The van der Waals surface area contributed by atoms with Gasteiger partial charge in [0.25, 0.3) is 0 Å². The Morgan fingerprint density at radius 1 is 1.38 bits per heavy atom. The third kappa shape index (κ3) is 3.05. The molecule has 2 atom stereocenters. The average Bonchev–Trinajstić information content (AvgIpc) is 2.82. The number of benzene rings is 1. The summed E-state index contributed by atoms with van der Waals surface area (Å²) in [6, 6.07) is 6.39. The highest BCUT2D eigenvalue weighted by Gasteiger charge is 2.45. The summed E-state index contributed by atoms with van der Waals surface area (Å²) in [4.78, 5) is 11.7. The van der Waals surface area contributed by atoms with E-state index in [-0.39, 0.29) is 11.8 Å². The molecule has 6 heteroatoms. The number of carboxylic acids is 1. The third-order valence-corrected chi connectivity index (χ3v) is 6.13. The van der Waals surface area contributed by atoms with E-state index >= 15 is 0 Å². The minimum atomic E-state index is -3.20. The van der Waals surface area contributed by atoms with Gasteiger partial charge in [-0.25, -0.2) is 8.42 Å². The lowest BCUT2D eigenvalue weighted by Gasteiger charge is -2.28. The Morgan fingerprint density at radius 2 is 2.00 bits per heavy atom. The number of anilines is 1. The van der Waals surface area contributed by atoms with E-state index in [2.05, 4.69) is 5.32 Å². The SMILES string of the molecule is CCS(=O)(=O)c1ccc(NC2CCCC2(C)C(=O)O)cc1. The van der Waals surface area contributed by atoms with Gasteiger partial charge in [0.1, 0.15) is 0 Å². The lowest BCUT2D eigenvalue weighted by molar-refractivity contribution is -0.147. The van der Waals surface area contributed by atoms with Crippen LogP contribution < -0.4 is 5.32 Å². The summed E-state index contributed by atoms with van der Waals surface area (Å²) in [6.45, 7) is 3.37. The van der Waals surface area contributed by atoms with E-state index in [9.17, 15) is 18.3 Å². The van der Waals surface area contributed by atoms with Crippen LogP contribution in [0.25, 0.3) is 0 Å². The van der Waals surface area contributed by atoms with Gasteiger partial charge in [0, 0.05) is 11.7 Å². The zero-order valence-electron chi connectivity index (χ0n) is 12.3. The number of carboxylic acid groups (broad SMARTS) is 1. The van der Waals surface area contributed by atoms with Crippen molar-refractivity contribution in [1.29, 1.82) is 0 Å². The number of hydrogen-bond donors (Lipinski definition) is 2. The van der Waals surface area contributed by atoms with E-state index in [1.54, 1.807) is 38.1 Å². The van der Waals surface area contributed by atoms with E-state index in [1.807, 2.05) is 0 Å². The predicted molar refractivity (Wildman–Crippen MR) is 81.2 cm³/mol. The molecule has 0 aliphatic heterocycles. The van der Waals surface area contributed by atoms with Crippen molar-refractivity contribution in [3.8, 4) is 0 Å². The van der Waals surface area contributed by atoms with Crippen LogP contribution in [0.2, 0.25) is 0 Å². The van der Waals surface area contributed by atoms with Crippen molar-refractivity contribution in [2.75, 3.05) is 11.1 Å². The monoisotopic (exact) mass is 311 g/mol. The second-order valence-corrected chi connectivity index (χ2v) is 8.02. The summed E-state index contributed by atoms with van der Waals surface area (Å²) >= 11 is 0. The van der Waals surface area contributed by atoms with E-state index < -0.39 is 21.2 Å². The molecular formula is C15H21NO4S. The zero-order chi connectivity index (χ0) is 15.7.